The lowest BCUT2D eigenvalue weighted by Gasteiger charge is -2.26. The Balaban J connectivity index is 1.53. The molecule has 0 atom stereocenters. The highest BCUT2D eigenvalue weighted by Crippen LogP contribution is 2.37. The zero-order chi connectivity index (χ0) is 23.2. The Hall–Kier alpha value is -2.85. The van der Waals surface area contributed by atoms with Crippen LogP contribution in [-0.4, -0.2) is 56.0 Å². The number of amides is 1. The molecule has 2 aromatic heterocycles. The molecule has 1 fully saturated rings. The maximum absolute atomic E-state index is 13.1. The first-order valence-corrected chi connectivity index (χ1v) is 11.8. The van der Waals surface area contributed by atoms with Crippen LogP contribution in [0.1, 0.15) is 31.4 Å². The average Bonchev–Trinajstić information content (AvgIpc) is 3.46. The summed E-state index contributed by atoms with van der Waals surface area (Å²) in [5, 5.41) is 7.18. The first-order valence-electron chi connectivity index (χ1n) is 10.6. The van der Waals surface area contributed by atoms with Gasteiger partial charge in [-0.1, -0.05) is 11.6 Å². The quantitative estimate of drug-likeness (QED) is 0.395. The number of nitrogens with one attached hydrogen (secondary N) is 2. The molecule has 8 nitrogen and oxygen atoms in total. The fourth-order valence-electron chi connectivity index (χ4n) is 3.52. The van der Waals surface area contributed by atoms with E-state index in [2.05, 4.69) is 15.5 Å². The molecule has 0 aliphatic carbocycles. The number of nitrogen functional groups attached to an aromatic ring is 1. The third-order valence-corrected chi connectivity index (χ3v) is 6.72. The van der Waals surface area contributed by atoms with E-state index in [9.17, 15) is 9.59 Å². The minimum Gasteiger partial charge on any atom is -0.467 e. The van der Waals surface area contributed by atoms with Gasteiger partial charge in [-0.25, -0.2) is 0 Å². The number of benzene rings is 1. The van der Waals surface area contributed by atoms with Crippen LogP contribution >= 0.6 is 22.9 Å². The van der Waals surface area contributed by atoms with Gasteiger partial charge in [-0.15, -0.1) is 11.3 Å². The van der Waals surface area contributed by atoms with Crippen LogP contribution in [0.25, 0.3) is 0 Å². The monoisotopic (exact) mass is 488 g/mol. The first-order chi connectivity index (χ1) is 16.0. The third kappa shape index (κ3) is 5.75. The van der Waals surface area contributed by atoms with Crippen LogP contribution in [0.2, 0.25) is 5.02 Å². The summed E-state index contributed by atoms with van der Waals surface area (Å²) >= 11 is 7.10. The zero-order valence-electron chi connectivity index (χ0n) is 17.9. The van der Waals surface area contributed by atoms with E-state index in [4.69, 9.17) is 26.5 Å². The number of halogens is 1. The zero-order valence-corrected chi connectivity index (χ0v) is 19.5. The van der Waals surface area contributed by atoms with Gasteiger partial charge in [0.1, 0.15) is 15.6 Å². The highest BCUT2D eigenvalue weighted by Gasteiger charge is 2.26. The number of carbonyl (C=O) groups excluding carboxylic acids is 2. The van der Waals surface area contributed by atoms with Crippen molar-refractivity contribution in [3.8, 4) is 0 Å². The lowest BCUT2D eigenvalue weighted by molar-refractivity contribution is 0.0383. The number of ether oxygens (including phenoxy) is 1. The molecule has 0 spiro atoms. The summed E-state index contributed by atoms with van der Waals surface area (Å²) in [4.78, 5) is 28.7. The smallest absolute Gasteiger partial charge is 0.256 e. The number of nitrogens with zero attached hydrogens (tertiary/aromatic N) is 1. The molecule has 1 aliphatic heterocycles. The summed E-state index contributed by atoms with van der Waals surface area (Å²) in [5.74, 6) is 0.114. The second kappa shape index (κ2) is 10.8. The molecule has 1 saturated heterocycles. The van der Waals surface area contributed by atoms with Gasteiger partial charge in [0, 0.05) is 36.8 Å². The van der Waals surface area contributed by atoms with E-state index < -0.39 is 0 Å². The minimum absolute atomic E-state index is 0.158. The molecule has 33 heavy (non-hydrogen) atoms. The third-order valence-electron chi connectivity index (χ3n) is 5.31. The van der Waals surface area contributed by atoms with Crippen molar-refractivity contribution in [1.82, 2.24) is 10.2 Å². The molecular weight excluding hydrogens is 464 g/mol. The molecule has 0 radical (unpaired) electrons. The number of ketones is 1. The lowest BCUT2D eigenvalue weighted by atomic mass is 10.1. The van der Waals surface area contributed by atoms with Gasteiger partial charge in [-0.3, -0.25) is 14.5 Å². The Morgan fingerprint density at radius 3 is 2.61 bits per heavy atom. The van der Waals surface area contributed by atoms with Crippen molar-refractivity contribution in [2.24, 2.45) is 0 Å². The lowest BCUT2D eigenvalue weighted by Crippen LogP contribution is -2.41. The number of carbonyl (C=O) groups is 2. The molecule has 1 aliphatic rings. The number of nitrogens with two attached hydrogens (primary N) is 1. The highest BCUT2D eigenvalue weighted by atomic mass is 35.5. The van der Waals surface area contributed by atoms with Crippen LogP contribution in [-0.2, 0) is 11.3 Å². The van der Waals surface area contributed by atoms with Crippen LogP contribution in [0, 0.1) is 0 Å². The van der Waals surface area contributed by atoms with Gasteiger partial charge >= 0.3 is 0 Å². The second-order valence-electron chi connectivity index (χ2n) is 7.53. The molecule has 0 saturated carbocycles. The first kappa shape index (κ1) is 23.3. The van der Waals surface area contributed by atoms with Crippen molar-refractivity contribution < 1.29 is 18.7 Å². The molecule has 1 aromatic carbocycles. The van der Waals surface area contributed by atoms with Crippen LogP contribution in [0.15, 0.2) is 47.1 Å². The summed E-state index contributed by atoms with van der Waals surface area (Å²) in [6, 6.07) is 10.2. The van der Waals surface area contributed by atoms with Gasteiger partial charge < -0.3 is 25.5 Å². The molecule has 4 N–H and O–H groups in total. The van der Waals surface area contributed by atoms with Crippen LogP contribution < -0.4 is 16.4 Å². The van der Waals surface area contributed by atoms with Crippen LogP contribution in [0.4, 0.5) is 10.7 Å². The van der Waals surface area contributed by atoms with E-state index in [0.717, 1.165) is 24.4 Å². The van der Waals surface area contributed by atoms with Crippen molar-refractivity contribution in [3.63, 3.8) is 0 Å². The Morgan fingerprint density at radius 1 is 1.15 bits per heavy atom. The number of rotatable bonds is 9. The summed E-state index contributed by atoms with van der Waals surface area (Å²) in [6.07, 6.45) is 1.58. The highest BCUT2D eigenvalue weighted by molar-refractivity contribution is 7.19. The maximum Gasteiger partial charge on any atom is 0.256 e. The summed E-state index contributed by atoms with van der Waals surface area (Å²) in [5.41, 5.74) is 7.22. The Morgan fingerprint density at radius 2 is 1.91 bits per heavy atom. The van der Waals surface area contributed by atoms with E-state index in [1.54, 1.807) is 36.6 Å². The van der Waals surface area contributed by atoms with Crippen LogP contribution in [0.5, 0.6) is 0 Å². The second-order valence-corrected chi connectivity index (χ2v) is 8.98. The van der Waals surface area contributed by atoms with Crippen molar-refractivity contribution in [1.29, 1.82) is 0 Å². The number of morpholine rings is 1. The molecule has 1 amide bonds. The van der Waals surface area contributed by atoms with Crippen molar-refractivity contribution in [2.75, 3.05) is 50.4 Å². The Kier molecular flexibility index (Phi) is 7.66. The molecule has 174 valence electrons. The van der Waals surface area contributed by atoms with E-state index in [-0.39, 0.29) is 22.9 Å². The largest absolute Gasteiger partial charge is 0.467 e. The molecule has 0 bridgehead atoms. The molecule has 3 aromatic rings. The van der Waals surface area contributed by atoms with Gasteiger partial charge in [0.05, 0.1) is 37.3 Å². The van der Waals surface area contributed by atoms with Gasteiger partial charge in [-0.05, 0) is 36.4 Å². The van der Waals surface area contributed by atoms with Gasteiger partial charge in [0.15, 0.2) is 0 Å². The van der Waals surface area contributed by atoms with Crippen LogP contribution in [0.3, 0.4) is 0 Å². The number of thiophene rings is 1. The number of anilines is 2. The number of hydrogen-bond acceptors (Lipinski definition) is 8. The fraction of sp³-hybridized carbons (Fsp3) is 0.304. The summed E-state index contributed by atoms with van der Waals surface area (Å²) in [7, 11) is 0. The van der Waals surface area contributed by atoms with Gasteiger partial charge in [-0.2, -0.15) is 0 Å². The maximum atomic E-state index is 13.1. The van der Waals surface area contributed by atoms with E-state index in [1.165, 1.54) is 0 Å². The normalized spacial score (nSPS) is 14.2. The predicted molar refractivity (Wildman–Crippen MR) is 129 cm³/mol. The Bertz CT molecular complexity index is 1090. The molecule has 3 heterocycles. The Labute approximate surface area is 200 Å². The standard InChI is InChI=1S/C23H25ClN4O4S/c24-16-5-3-15(4-6-16)20(29)21-19(25)18(23(33-21)27-14-17-2-1-11-32-17)22(30)26-7-8-28-9-12-31-13-10-28/h1-6,11,27H,7-10,12-14,25H2,(H,26,30). The fourth-order valence-corrected chi connectivity index (χ4v) is 4.72. The number of hydrogen-bond donors (Lipinski definition) is 3. The van der Waals surface area contributed by atoms with E-state index >= 15 is 0 Å². The van der Waals surface area contributed by atoms with Gasteiger partial charge in [0.2, 0.25) is 5.78 Å². The van der Waals surface area contributed by atoms with Crippen molar-refractivity contribution in [3.05, 3.63) is 69.4 Å². The average molecular weight is 489 g/mol. The number of furan rings is 1. The molecule has 10 heteroatoms. The van der Waals surface area contributed by atoms with E-state index in [0.29, 0.717) is 59.1 Å². The SMILES string of the molecule is Nc1c(C(=O)c2ccc(Cl)cc2)sc(NCc2ccco2)c1C(=O)NCCN1CCOCC1. The van der Waals surface area contributed by atoms with Crippen molar-refractivity contribution in [2.45, 2.75) is 6.54 Å². The molecule has 4 rings (SSSR count). The molecule has 0 unspecified atom stereocenters. The predicted octanol–water partition coefficient (Wildman–Crippen LogP) is 3.48. The molecular formula is C23H25ClN4O4S. The van der Waals surface area contributed by atoms with Crippen molar-refractivity contribution >= 4 is 45.3 Å². The minimum atomic E-state index is -0.325. The van der Waals surface area contributed by atoms with E-state index in [1.807, 2.05) is 6.07 Å². The van der Waals surface area contributed by atoms with Gasteiger partial charge in [0.25, 0.3) is 5.91 Å². The summed E-state index contributed by atoms with van der Waals surface area (Å²) < 4.78 is 10.7. The topological polar surface area (TPSA) is 110 Å². The summed E-state index contributed by atoms with van der Waals surface area (Å²) in [6.45, 7) is 4.61.